The van der Waals surface area contributed by atoms with Gasteiger partial charge in [0.1, 0.15) is 17.6 Å². The Kier molecular flexibility index (Phi) is 8.33. The van der Waals surface area contributed by atoms with E-state index in [0.717, 1.165) is 37.7 Å². The maximum atomic E-state index is 14.1. The summed E-state index contributed by atoms with van der Waals surface area (Å²) in [7, 11) is 0. The van der Waals surface area contributed by atoms with Gasteiger partial charge in [-0.3, -0.25) is 0 Å². The number of hydrogen-bond acceptors (Lipinski definition) is 4. The molecule has 2 aromatic carbocycles. The third-order valence-electron chi connectivity index (χ3n) is 6.96. The Bertz CT molecular complexity index is 1530. The predicted molar refractivity (Wildman–Crippen MR) is 144 cm³/mol. The van der Waals surface area contributed by atoms with Gasteiger partial charge in [-0.1, -0.05) is 40.2 Å². The molecular weight excluding hydrogens is 512 g/mol. The molecule has 39 heavy (non-hydrogen) atoms. The summed E-state index contributed by atoms with van der Waals surface area (Å²) >= 11 is 0. The van der Waals surface area contributed by atoms with Crippen LogP contribution in [0.2, 0.25) is 0 Å². The first-order valence-corrected chi connectivity index (χ1v) is 13.1. The lowest BCUT2D eigenvalue weighted by atomic mass is 9.96. The third kappa shape index (κ3) is 5.13. The fraction of sp³-hybridized carbons (Fsp3) is 0.419. The molecule has 2 atom stereocenters. The highest BCUT2D eigenvalue weighted by Gasteiger charge is 2.30. The largest absolute Gasteiger partial charge is 0.487 e. The Hall–Kier alpha value is -3.42. The molecule has 0 fully saturated rings. The SMILES string of the molecule is C.CCCC1C=Cc2c(c(F)c(F)c3oc(C)cc23)O1.CCCC1CCc2c(c(F)c(F)c3oc(C)cc23)O1. The minimum Gasteiger partial charge on any atom is -0.487 e. The van der Waals surface area contributed by atoms with Crippen molar-refractivity contribution in [3.8, 4) is 11.5 Å². The number of ether oxygens (including phenoxy) is 2. The molecule has 0 saturated carbocycles. The van der Waals surface area contributed by atoms with Gasteiger partial charge in [0.05, 0.1) is 6.10 Å². The van der Waals surface area contributed by atoms with Gasteiger partial charge in [0.15, 0.2) is 22.7 Å². The van der Waals surface area contributed by atoms with Crippen LogP contribution in [-0.2, 0) is 6.42 Å². The topological polar surface area (TPSA) is 44.7 Å². The van der Waals surface area contributed by atoms with Crippen molar-refractivity contribution < 1.29 is 35.9 Å². The fourth-order valence-corrected chi connectivity index (χ4v) is 5.21. The molecule has 210 valence electrons. The monoisotopic (exact) mass is 546 g/mol. The van der Waals surface area contributed by atoms with Crippen LogP contribution in [0.4, 0.5) is 17.6 Å². The van der Waals surface area contributed by atoms with Crippen molar-refractivity contribution >= 4 is 28.0 Å². The highest BCUT2D eigenvalue weighted by atomic mass is 19.2. The number of aryl methyl sites for hydroxylation is 3. The van der Waals surface area contributed by atoms with Crippen molar-refractivity contribution in [3.63, 3.8) is 0 Å². The Morgan fingerprint density at radius 2 is 1.36 bits per heavy atom. The second kappa shape index (κ2) is 11.4. The van der Waals surface area contributed by atoms with Gasteiger partial charge in [-0.25, -0.2) is 0 Å². The van der Waals surface area contributed by atoms with E-state index in [2.05, 4.69) is 6.92 Å². The normalized spacial score (nSPS) is 17.5. The summed E-state index contributed by atoms with van der Waals surface area (Å²) in [6.45, 7) is 7.51. The zero-order valence-corrected chi connectivity index (χ0v) is 21.9. The Morgan fingerprint density at radius 3 is 2.00 bits per heavy atom. The second-order valence-corrected chi connectivity index (χ2v) is 9.88. The Balaban J connectivity index is 0.000000176. The smallest absolute Gasteiger partial charge is 0.205 e. The molecule has 0 saturated heterocycles. The van der Waals surface area contributed by atoms with Crippen molar-refractivity contribution in [2.45, 2.75) is 85.9 Å². The predicted octanol–water partition coefficient (Wildman–Crippen LogP) is 9.74. The molecule has 2 aliphatic heterocycles. The highest BCUT2D eigenvalue weighted by Crippen LogP contribution is 2.41. The molecule has 4 nitrogen and oxygen atoms in total. The van der Waals surface area contributed by atoms with Crippen molar-refractivity contribution in [3.05, 3.63) is 64.1 Å². The van der Waals surface area contributed by atoms with E-state index in [1.165, 1.54) is 0 Å². The average Bonchev–Trinajstić information content (AvgIpc) is 3.49. The lowest BCUT2D eigenvalue weighted by Crippen LogP contribution is -2.23. The summed E-state index contributed by atoms with van der Waals surface area (Å²) in [5, 5.41) is 1.19. The molecule has 2 aliphatic rings. The minimum atomic E-state index is -0.979. The molecule has 0 amide bonds. The molecule has 0 radical (unpaired) electrons. The van der Waals surface area contributed by atoms with E-state index >= 15 is 0 Å². The third-order valence-corrected chi connectivity index (χ3v) is 6.96. The highest BCUT2D eigenvalue weighted by molar-refractivity contribution is 5.91. The summed E-state index contributed by atoms with van der Waals surface area (Å²) in [4.78, 5) is 0. The van der Waals surface area contributed by atoms with Crippen LogP contribution in [0, 0.1) is 37.1 Å². The average molecular weight is 547 g/mol. The Morgan fingerprint density at radius 1 is 0.769 bits per heavy atom. The van der Waals surface area contributed by atoms with E-state index in [-0.39, 0.29) is 42.3 Å². The molecule has 0 bridgehead atoms. The first-order valence-electron chi connectivity index (χ1n) is 13.1. The van der Waals surface area contributed by atoms with Crippen molar-refractivity contribution in [2.75, 3.05) is 0 Å². The van der Waals surface area contributed by atoms with Gasteiger partial charge in [-0.05, 0) is 57.7 Å². The number of rotatable bonds is 4. The molecule has 2 aromatic heterocycles. The molecule has 6 rings (SSSR count). The molecule has 4 aromatic rings. The Labute approximate surface area is 225 Å². The molecule has 0 aliphatic carbocycles. The van der Waals surface area contributed by atoms with E-state index in [1.54, 1.807) is 32.1 Å². The second-order valence-electron chi connectivity index (χ2n) is 9.88. The number of hydrogen-bond donors (Lipinski definition) is 0. The van der Waals surface area contributed by atoms with Gasteiger partial charge in [-0.2, -0.15) is 17.6 Å². The van der Waals surface area contributed by atoms with Gasteiger partial charge in [0, 0.05) is 21.9 Å². The van der Waals surface area contributed by atoms with Crippen LogP contribution in [0.3, 0.4) is 0 Å². The van der Waals surface area contributed by atoms with Crippen LogP contribution in [0.15, 0.2) is 27.0 Å². The first-order chi connectivity index (χ1) is 18.2. The van der Waals surface area contributed by atoms with Gasteiger partial charge >= 0.3 is 0 Å². The van der Waals surface area contributed by atoms with E-state index in [1.807, 2.05) is 13.0 Å². The van der Waals surface area contributed by atoms with E-state index < -0.39 is 23.3 Å². The van der Waals surface area contributed by atoms with Crippen LogP contribution in [0.1, 0.15) is 76.0 Å². The molecule has 2 unspecified atom stereocenters. The van der Waals surface area contributed by atoms with Crippen molar-refractivity contribution in [1.29, 1.82) is 0 Å². The van der Waals surface area contributed by atoms with E-state index in [0.29, 0.717) is 34.3 Å². The summed E-state index contributed by atoms with van der Waals surface area (Å²) < 4.78 is 77.7. The molecule has 0 N–H and O–H groups in total. The van der Waals surface area contributed by atoms with Crippen LogP contribution >= 0.6 is 0 Å². The first kappa shape index (κ1) is 28.6. The molecule has 4 heterocycles. The lowest BCUT2D eigenvalue weighted by Gasteiger charge is -2.26. The summed E-state index contributed by atoms with van der Waals surface area (Å²) in [5.41, 5.74) is 1.25. The van der Waals surface area contributed by atoms with E-state index in [4.69, 9.17) is 18.3 Å². The van der Waals surface area contributed by atoms with E-state index in [9.17, 15) is 17.6 Å². The summed E-state index contributed by atoms with van der Waals surface area (Å²) in [6, 6.07) is 3.45. The van der Waals surface area contributed by atoms with Gasteiger partial charge in [0.25, 0.3) is 0 Å². The van der Waals surface area contributed by atoms with Crippen molar-refractivity contribution in [2.24, 2.45) is 0 Å². The number of benzene rings is 2. The van der Waals surface area contributed by atoms with Gasteiger partial charge in [0.2, 0.25) is 23.3 Å². The fourth-order valence-electron chi connectivity index (χ4n) is 5.21. The standard InChI is InChI=1S/C15H16F2O2.C15H14F2O2.CH4/c2*1-3-4-9-5-6-10-11-7-8(2)18-15(11)13(17)12(16)14(10)19-9;/h7,9H,3-6H2,1-2H3;5-7,9H,3-4H2,1-2H3;1H4. The molecule has 0 spiro atoms. The number of furan rings is 2. The zero-order valence-electron chi connectivity index (χ0n) is 21.9. The number of fused-ring (bicyclic) bond motifs is 6. The maximum absolute atomic E-state index is 14.1. The molecule has 8 heteroatoms. The summed E-state index contributed by atoms with van der Waals surface area (Å²) in [5.74, 6) is -2.61. The van der Waals surface area contributed by atoms with Crippen molar-refractivity contribution in [1.82, 2.24) is 0 Å². The zero-order chi connectivity index (χ0) is 27.1. The minimum absolute atomic E-state index is 0. The maximum Gasteiger partial charge on any atom is 0.205 e. The van der Waals surface area contributed by atoms with Gasteiger partial charge in [-0.15, -0.1) is 0 Å². The summed E-state index contributed by atoms with van der Waals surface area (Å²) in [6.07, 6.45) is 8.52. The van der Waals surface area contributed by atoms with Crippen LogP contribution in [0.5, 0.6) is 11.5 Å². The van der Waals surface area contributed by atoms with Gasteiger partial charge < -0.3 is 18.3 Å². The number of halogens is 4. The van der Waals surface area contributed by atoms with Crippen LogP contribution < -0.4 is 9.47 Å². The lowest BCUT2D eigenvalue weighted by molar-refractivity contribution is 0.154. The molecular formula is C31H34F4O4. The van der Waals surface area contributed by atoms with Crippen LogP contribution in [0.25, 0.3) is 28.0 Å². The van der Waals surface area contributed by atoms with Crippen LogP contribution in [-0.4, -0.2) is 12.2 Å². The quantitative estimate of drug-likeness (QED) is 0.239.